The Hall–Kier alpha value is -2.96. The topological polar surface area (TPSA) is 68.1 Å². The lowest BCUT2D eigenvalue weighted by molar-refractivity contribution is 0.111. The van der Waals surface area contributed by atoms with Gasteiger partial charge in [0.2, 0.25) is 0 Å². The molecule has 0 aromatic heterocycles. The van der Waals surface area contributed by atoms with Crippen LogP contribution in [-0.4, -0.2) is 30.9 Å². The fraction of sp³-hybridized carbons (Fsp3) is 0.364. The summed E-state index contributed by atoms with van der Waals surface area (Å²) in [6.07, 6.45) is 1.51. The van der Waals surface area contributed by atoms with Crippen molar-refractivity contribution in [3.05, 3.63) is 59.2 Å². The van der Waals surface area contributed by atoms with E-state index < -0.39 is 11.6 Å². The van der Waals surface area contributed by atoms with Crippen LogP contribution in [0.3, 0.4) is 0 Å². The van der Waals surface area contributed by atoms with Crippen LogP contribution in [0.25, 0.3) is 0 Å². The van der Waals surface area contributed by atoms with Crippen LogP contribution >= 0.6 is 0 Å². The molecule has 29 heavy (non-hydrogen) atoms. The van der Waals surface area contributed by atoms with Crippen molar-refractivity contribution in [2.24, 2.45) is 17.0 Å². The van der Waals surface area contributed by atoms with E-state index >= 15 is 0 Å². The first kappa shape index (κ1) is 24.1. The predicted molar refractivity (Wildman–Crippen MR) is 108 cm³/mol. The summed E-state index contributed by atoms with van der Waals surface area (Å²) in [5, 5.41) is 11.2. The minimum Gasteiger partial charge on any atom is -0.493 e. The van der Waals surface area contributed by atoms with Gasteiger partial charge in [-0.25, -0.2) is 8.78 Å². The highest BCUT2D eigenvalue weighted by Gasteiger charge is 2.09. The summed E-state index contributed by atoms with van der Waals surface area (Å²) < 4.78 is 37.0. The molecule has 0 atom stereocenters. The summed E-state index contributed by atoms with van der Waals surface area (Å²) in [6.45, 7) is 8.94. The normalized spacial score (nSPS) is 10.8. The Kier molecular flexibility index (Phi) is 10.4. The minimum atomic E-state index is -0.541. The van der Waals surface area contributed by atoms with Crippen molar-refractivity contribution >= 4 is 12.5 Å². The zero-order chi connectivity index (χ0) is 21.8. The van der Waals surface area contributed by atoms with Gasteiger partial charge in [0.25, 0.3) is 0 Å². The number of ether oxygens (including phenoxy) is 2. The highest BCUT2D eigenvalue weighted by molar-refractivity contribution is 5.83. The molecule has 0 amide bonds. The van der Waals surface area contributed by atoms with Gasteiger partial charge in [-0.15, -0.1) is 0 Å². The quantitative estimate of drug-likeness (QED) is 0.278. The molecule has 5 nitrogen and oxygen atoms in total. The fourth-order valence-electron chi connectivity index (χ4n) is 2.10. The Morgan fingerprint density at radius 3 is 1.76 bits per heavy atom. The van der Waals surface area contributed by atoms with Crippen molar-refractivity contribution in [1.82, 2.24) is 0 Å². The van der Waals surface area contributed by atoms with Gasteiger partial charge in [-0.05, 0) is 36.1 Å². The summed E-state index contributed by atoms with van der Waals surface area (Å²) in [7, 11) is 0. The van der Waals surface area contributed by atoms with Gasteiger partial charge in [0.05, 0.1) is 30.6 Å². The van der Waals surface area contributed by atoms with Crippen molar-refractivity contribution in [3.8, 4) is 11.5 Å². The van der Waals surface area contributed by atoms with E-state index in [2.05, 4.69) is 5.16 Å². The van der Waals surface area contributed by atoms with Gasteiger partial charge in [0.15, 0.2) is 6.29 Å². The Morgan fingerprint density at radius 1 is 0.897 bits per heavy atom. The summed E-state index contributed by atoms with van der Waals surface area (Å²) in [5.41, 5.74) is 0.161. The van der Waals surface area contributed by atoms with Gasteiger partial charge in [0.1, 0.15) is 23.1 Å². The monoisotopic (exact) mass is 407 g/mol. The molecule has 2 rings (SSSR count). The molecule has 0 heterocycles. The third-order valence-corrected chi connectivity index (χ3v) is 3.47. The fourth-order valence-corrected chi connectivity index (χ4v) is 2.10. The molecule has 0 radical (unpaired) electrons. The third-order valence-electron chi connectivity index (χ3n) is 3.47. The van der Waals surface area contributed by atoms with E-state index in [0.717, 1.165) is 6.21 Å². The van der Waals surface area contributed by atoms with Crippen molar-refractivity contribution in [3.63, 3.8) is 0 Å². The maximum absolute atomic E-state index is 13.3. The van der Waals surface area contributed by atoms with Crippen LogP contribution in [0, 0.1) is 23.5 Å². The molecule has 0 fully saturated rings. The third kappa shape index (κ3) is 8.29. The standard InChI is InChI=1S/C11H14FNO2.C11H13FO2/c1-8(2)7-15-11-5-3-4-10(12)9(11)6-13-14;1-8(2)7-14-11-5-3-4-10(12)9(11)6-13/h3-6,8,14H,7H2,1-2H3;3-6,8H,7H2,1-2H3. The van der Waals surface area contributed by atoms with Gasteiger partial charge < -0.3 is 14.7 Å². The van der Waals surface area contributed by atoms with Crippen LogP contribution in [0.5, 0.6) is 11.5 Å². The van der Waals surface area contributed by atoms with Crippen molar-refractivity contribution in [2.45, 2.75) is 27.7 Å². The zero-order valence-corrected chi connectivity index (χ0v) is 17.1. The Labute approximate surface area is 170 Å². The van der Waals surface area contributed by atoms with Crippen molar-refractivity contribution in [1.29, 1.82) is 0 Å². The number of halogens is 2. The van der Waals surface area contributed by atoms with Gasteiger partial charge >= 0.3 is 0 Å². The Balaban J connectivity index is 0.000000291. The first-order valence-corrected chi connectivity index (χ1v) is 9.25. The predicted octanol–water partition coefficient (Wildman–Crippen LogP) is 5.34. The molecular formula is C22H27F2NO4. The molecule has 1 N–H and O–H groups in total. The zero-order valence-electron chi connectivity index (χ0n) is 17.1. The second-order valence-corrected chi connectivity index (χ2v) is 7.08. The first-order valence-electron chi connectivity index (χ1n) is 9.25. The second kappa shape index (κ2) is 12.5. The van der Waals surface area contributed by atoms with E-state index in [9.17, 15) is 13.6 Å². The average molecular weight is 407 g/mol. The molecule has 0 saturated carbocycles. The number of hydrogen-bond acceptors (Lipinski definition) is 5. The first-order chi connectivity index (χ1) is 13.8. The molecule has 0 aliphatic rings. The van der Waals surface area contributed by atoms with E-state index in [1.165, 1.54) is 18.2 Å². The number of aldehydes is 1. The maximum atomic E-state index is 13.3. The second-order valence-electron chi connectivity index (χ2n) is 7.08. The molecule has 2 aromatic rings. The number of rotatable bonds is 8. The summed E-state index contributed by atoms with van der Waals surface area (Å²) in [4.78, 5) is 10.6. The highest BCUT2D eigenvalue weighted by atomic mass is 19.1. The lowest BCUT2D eigenvalue weighted by Gasteiger charge is -2.10. The Morgan fingerprint density at radius 2 is 1.34 bits per heavy atom. The van der Waals surface area contributed by atoms with E-state index in [1.807, 2.05) is 27.7 Å². The van der Waals surface area contributed by atoms with Crippen LogP contribution in [0.2, 0.25) is 0 Å². The van der Waals surface area contributed by atoms with E-state index in [0.29, 0.717) is 42.8 Å². The summed E-state index contributed by atoms with van der Waals surface area (Å²) in [5.74, 6) is 0.399. The van der Waals surface area contributed by atoms with Crippen LogP contribution in [0.15, 0.2) is 41.6 Å². The molecule has 0 unspecified atom stereocenters. The van der Waals surface area contributed by atoms with Crippen LogP contribution in [0.4, 0.5) is 8.78 Å². The molecule has 0 aliphatic carbocycles. The van der Waals surface area contributed by atoms with Gasteiger partial charge in [0, 0.05) is 0 Å². The lowest BCUT2D eigenvalue weighted by atomic mass is 10.2. The van der Waals surface area contributed by atoms with Gasteiger partial charge in [-0.2, -0.15) is 0 Å². The number of oxime groups is 1. The lowest BCUT2D eigenvalue weighted by Crippen LogP contribution is -2.06. The van der Waals surface area contributed by atoms with Gasteiger partial charge in [-0.1, -0.05) is 45.0 Å². The minimum absolute atomic E-state index is 0.00634. The van der Waals surface area contributed by atoms with Crippen LogP contribution in [-0.2, 0) is 0 Å². The molecule has 7 heteroatoms. The summed E-state index contributed by atoms with van der Waals surface area (Å²) in [6, 6.07) is 8.85. The molecular weight excluding hydrogens is 380 g/mol. The largest absolute Gasteiger partial charge is 0.493 e. The van der Waals surface area contributed by atoms with Crippen molar-refractivity contribution in [2.75, 3.05) is 13.2 Å². The number of benzene rings is 2. The van der Waals surface area contributed by atoms with Crippen LogP contribution < -0.4 is 9.47 Å². The van der Waals surface area contributed by atoms with E-state index in [4.69, 9.17) is 14.7 Å². The number of nitrogens with zero attached hydrogens (tertiary/aromatic N) is 1. The molecule has 0 spiro atoms. The van der Waals surface area contributed by atoms with E-state index in [-0.39, 0.29) is 11.1 Å². The smallest absolute Gasteiger partial charge is 0.156 e. The Bertz CT molecular complexity index is 807. The molecule has 2 aromatic carbocycles. The number of carbonyl (C=O) groups excluding carboxylic acids is 1. The number of carbonyl (C=O) groups is 1. The molecule has 0 aliphatic heterocycles. The van der Waals surface area contributed by atoms with E-state index in [1.54, 1.807) is 18.2 Å². The van der Waals surface area contributed by atoms with Crippen LogP contribution in [0.1, 0.15) is 43.6 Å². The molecule has 0 saturated heterocycles. The molecule has 0 bridgehead atoms. The highest BCUT2D eigenvalue weighted by Crippen LogP contribution is 2.21. The van der Waals surface area contributed by atoms with Gasteiger partial charge in [-0.3, -0.25) is 4.79 Å². The SMILES string of the molecule is CC(C)COc1cccc(F)c1C=NO.CC(C)COc1cccc(F)c1C=O. The average Bonchev–Trinajstić information content (AvgIpc) is 2.67. The maximum Gasteiger partial charge on any atom is 0.156 e. The number of hydrogen-bond donors (Lipinski definition) is 1. The molecule has 158 valence electrons. The van der Waals surface area contributed by atoms with Crippen molar-refractivity contribution < 1.29 is 28.3 Å². The summed E-state index contributed by atoms with van der Waals surface area (Å²) >= 11 is 0.